The van der Waals surface area contributed by atoms with E-state index in [4.69, 9.17) is 4.42 Å². The molecule has 4 rings (SSSR count). The normalized spacial score (nSPS) is 17.4. The van der Waals surface area contributed by atoms with Crippen LogP contribution in [0.15, 0.2) is 47.3 Å². The Morgan fingerprint density at radius 1 is 1.24 bits per heavy atom. The molecule has 3 aromatic rings. The number of fused-ring (bicyclic) bond motifs is 1. The maximum Gasteiger partial charge on any atom is 0.227 e. The third kappa shape index (κ3) is 2.82. The summed E-state index contributed by atoms with van der Waals surface area (Å²) < 4.78 is 5.76. The molecule has 1 aliphatic rings. The minimum absolute atomic E-state index is 0.164. The molecule has 128 valence electrons. The summed E-state index contributed by atoms with van der Waals surface area (Å²) >= 11 is 0. The third-order valence-electron chi connectivity index (χ3n) is 5.35. The van der Waals surface area contributed by atoms with Crippen molar-refractivity contribution < 1.29 is 9.21 Å². The number of pyridine rings is 1. The quantitative estimate of drug-likeness (QED) is 0.715. The summed E-state index contributed by atoms with van der Waals surface area (Å²) in [5.41, 5.74) is 5.40. The van der Waals surface area contributed by atoms with E-state index in [0.717, 1.165) is 41.5 Å². The first-order valence-electron chi connectivity index (χ1n) is 8.81. The predicted octanol–water partition coefficient (Wildman–Crippen LogP) is 4.35. The van der Waals surface area contributed by atoms with Gasteiger partial charge in [0.25, 0.3) is 0 Å². The summed E-state index contributed by atoms with van der Waals surface area (Å²) in [5, 5.41) is 1.05. The Hall–Kier alpha value is -2.62. The van der Waals surface area contributed by atoms with Gasteiger partial charge in [-0.1, -0.05) is 12.1 Å². The number of hydrogen-bond acceptors (Lipinski definition) is 3. The van der Waals surface area contributed by atoms with Gasteiger partial charge in [0.05, 0.1) is 18.7 Å². The highest BCUT2D eigenvalue weighted by molar-refractivity contribution is 5.89. The molecule has 2 aromatic heterocycles. The SMILES string of the molecule is Cc1ccc2c(CC(=O)N3CCCC3c3ccncc3)coc2c1C. The number of hydrogen-bond donors (Lipinski definition) is 0. The van der Waals surface area contributed by atoms with Crippen LogP contribution in [0.1, 0.15) is 41.1 Å². The van der Waals surface area contributed by atoms with Crippen molar-refractivity contribution in [3.05, 3.63) is 65.2 Å². The van der Waals surface area contributed by atoms with Crippen LogP contribution in [0.4, 0.5) is 0 Å². The second-order valence-electron chi connectivity index (χ2n) is 6.85. The average Bonchev–Trinajstić information content (AvgIpc) is 3.26. The van der Waals surface area contributed by atoms with E-state index in [9.17, 15) is 4.79 Å². The summed E-state index contributed by atoms with van der Waals surface area (Å²) in [6.07, 6.45) is 7.78. The van der Waals surface area contributed by atoms with E-state index in [1.165, 1.54) is 11.1 Å². The first-order valence-corrected chi connectivity index (χ1v) is 8.81. The van der Waals surface area contributed by atoms with Crippen molar-refractivity contribution in [2.24, 2.45) is 0 Å². The first-order chi connectivity index (χ1) is 12.1. The Bertz CT molecular complexity index is 914. The lowest BCUT2D eigenvalue weighted by Gasteiger charge is -2.25. The van der Waals surface area contributed by atoms with Crippen LogP contribution >= 0.6 is 0 Å². The highest BCUT2D eigenvalue weighted by atomic mass is 16.3. The standard InChI is InChI=1S/C21H22N2O2/c1-14-5-6-18-17(13-25-21(18)15(14)2)12-20(24)23-11-3-4-19(23)16-7-9-22-10-8-16/h5-10,13,19H,3-4,11-12H2,1-2H3. The van der Waals surface area contributed by atoms with E-state index in [0.29, 0.717) is 6.42 Å². The van der Waals surface area contributed by atoms with Crippen LogP contribution in [0.3, 0.4) is 0 Å². The number of nitrogens with zero attached hydrogens (tertiary/aromatic N) is 2. The van der Waals surface area contributed by atoms with Gasteiger partial charge in [-0.05, 0) is 55.5 Å². The minimum Gasteiger partial charge on any atom is -0.464 e. The molecule has 1 saturated heterocycles. The largest absolute Gasteiger partial charge is 0.464 e. The molecule has 0 spiro atoms. The van der Waals surface area contributed by atoms with Crippen LogP contribution in [0.5, 0.6) is 0 Å². The molecule has 3 heterocycles. The molecule has 1 fully saturated rings. The van der Waals surface area contributed by atoms with Crippen molar-refractivity contribution in [2.45, 2.75) is 39.2 Å². The molecule has 0 radical (unpaired) electrons. The van der Waals surface area contributed by atoms with E-state index in [1.54, 1.807) is 18.7 Å². The molecular weight excluding hydrogens is 312 g/mol. The van der Waals surface area contributed by atoms with Crippen LogP contribution < -0.4 is 0 Å². The number of rotatable bonds is 3. The lowest BCUT2D eigenvalue weighted by atomic mass is 10.0. The van der Waals surface area contributed by atoms with Gasteiger partial charge >= 0.3 is 0 Å². The number of benzene rings is 1. The fourth-order valence-corrected chi connectivity index (χ4v) is 3.79. The van der Waals surface area contributed by atoms with E-state index in [-0.39, 0.29) is 11.9 Å². The van der Waals surface area contributed by atoms with Gasteiger partial charge in [-0.3, -0.25) is 9.78 Å². The molecule has 0 bridgehead atoms. The number of carbonyl (C=O) groups excluding carboxylic acids is 1. The smallest absolute Gasteiger partial charge is 0.227 e. The van der Waals surface area contributed by atoms with Gasteiger partial charge in [-0.25, -0.2) is 0 Å². The lowest BCUT2D eigenvalue weighted by Crippen LogP contribution is -2.31. The Labute approximate surface area is 147 Å². The van der Waals surface area contributed by atoms with Gasteiger partial charge in [-0.2, -0.15) is 0 Å². The Kier molecular flexibility index (Phi) is 4.04. The fourth-order valence-electron chi connectivity index (χ4n) is 3.79. The van der Waals surface area contributed by atoms with Crippen molar-refractivity contribution in [1.29, 1.82) is 0 Å². The average molecular weight is 334 g/mol. The zero-order chi connectivity index (χ0) is 17.4. The molecule has 0 N–H and O–H groups in total. The molecule has 4 heteroatoms. The van der Waals surface area contributed by atoms with Gasteiger partial charge in [0.1, 0.15) is 5.58 Å². The molecule has 1 atom stereocenters. The van der Waals surface area contributed by atoms with E-state index in [1.807, 2.05) is 17.0 Å². The zero-order valence-electron chi connectivity index (χ0n) is 14.7. The Morgan fingerprint density at radius 2 is 2.04 bits per heavy atom. The van der Waals surface area contributed by atoms with Crippen molar-refractivity contribution in [2.75, 3.05) is 6.54 Å². The molecular formula is C21H22N2O2. The van der Waals surface area contributed by atoms with Gasteiger partial charge in [-0.15, -0.1) is 0 Å². The molecule has 1 aliphatic heterocycles. The van der Waals surface area contributed by atoms with Crippen LogP contribution in [-0.2, 0) is 11.2 Å². The Morgan fingerprint density at radius 3 is 2.84 bits per heavy atom. The minimum atomic E-state index is 0.164. The van der Waals surface area contributed by atoms with Crippen molar-refractivity contribution in [1.82, 2.24) is 9.88 Å². The van der Waals surface area contributed by atoms with Gasteiger partial charge in [0, 0.05) is 29.9 Å². The number of aryl methyl sites for hydroxylation is 2. The van der Waals surface area contributed by atoms with Crippen LogP contribution in [0.2, 0.25) is 0 Å². The van der Waals surface area contributed by atoms with Crippen LogP contribution in [0, 0.1) is 13.8 Å². The third-order valence-corrected chi connectivity index (χ3v) is 5.35. The van der Waals surface area contributed by atoms with Crippen LogP contribution in [-0.4, -0.2) is 22.3 Å². The monoisotopic (exact) mass is 334 g/mol. The first kappa shape index (κ1) is 15.9. The van der Waals surface area contributed by atoms with E-state index >= 15 is 0 Å². The molecule has 1 amide bonds. The molecule has 0 saturated carbocycles. The summed E-state index contributed by atoms with van der Waals surface area (Å²) in [6, 6.07) is 8.34. The molecule has 0 aliphatic carbocycles. The number of furan rings is 1. The maximum absolute atomic E-state index is 13.0. The molecule has 25 heavy (non-hydrogen) atoms. The maximum atomic E-state index is 13.0. The molecule has 1 unspecified atom stereocenters. The number of carbonyl (C=O) groups is 1. The Balaban J connectivity index is 1.59. The zero-order valence-corrected chi connectivity index (χ0v) is 14.7. The van der Waals surface area contributed by atoms with E-state index < -0.39 is 0 Å². The lowest BCUT2D eigenvalue weighted by molar-refractivity contribution is -0.131. The second kappa shape index (κ2) is 6.36. The van der Waals surface area contributed by atoms with Gasteiger partial charge in [0.2, 0.25) is 5.91 Å². The summed E-state index contributed by atoms with van der Waals surface area (Å²) in [7, 11) is 0. The highest BCUT2D eigenvalue weighted by Crippen LogP contribution is 2.33. The van der Waals surface area contributed by atoms with E-state index in [2.05, 4.69) is 31.0 Å². The predicted molar refractivity (Wildman–Crippen MR) is 97.3 cm³/mol. The number of likely N-dealkylation sites (tertiary alicyclic amines) is 1. The summed E-state index contributed by atoms with van der Waals surface area (Å²) in [4.78, 5) is 19.1. The number of amides is 1. The van der Waals surface area contributed by atoms with Crippen molar-refractivity contribution in [3.8, 4) is 0 Å². The van der Waals surface area contributed by atoms with Gasteiger partial charge < -0.3 is 9.32 Å². The highest BCUT2D eigenvalue weighted by Gasteiger charge is 2.30. The number of aromatic nitrogens is 1. The summed E-state index contributed by atoms with van der Waals surface area (Å²) in [6.45, 7) is 4.96. The fraction of sp³-hybridized carbons (Fsp3) is 0.333. The topological polar surface area (TPSA) is 46.3 Å². The molecule has 4 nitrogen and oxygen atoms in total. The second-order valence-corrected chi connectivity index (χ2v) is 6.85. The molecule has 1 aromatic carbocycles. The van der Waals surface area contributed by atoms with Crippen molar-refractivity contribution >= 4 is 16.9 Å². The van der Waals surface area contributed by atoms with Gasteiger partial charge in [0.15, 0.2) is 0 Å². The van der Waals surface area contributed by atoms with Crippen molar-refractivity contribution in [3.63, 3.8) is 0 Å². The summed E-state index contributed by atoms with van der Waals surface area (Å²) in [5.74, 6) is 0.167. The van der Waals surface area contributed by atoms with Crippen LogP contribution in [0.25, 0.3) is 11.0 Å².